The Morgan fingerprint density at radius 2 is 0.667 bits per heavy atom. The van der Waals surface area contributed by atoms with Crippen LogP contribution in [0.2, 0.25) is 0 Å². The number of piperidine rings is 1. The molecule has 13 heteroatoms. The topological polar surface area (TPSA) is 16.6 Å². The highest BCUT2D eigenvalue weighted by atomic mass is 35.6. The van der Waals surface area contributed by atoms with E-state index >= 15 is 0 Å². The summed E-state index contributed by atoms with van der Waals surface area (Å²) in [6.45, 7) is 0. The van der Waals surface area contributed by atoms with E-state index in [1.165, 1.54) is 0 Å². The highest BCUT2D eigenvalue weighted by Gasteiger charge is 2.82. The predicted octanol–water partition coefficient (Wildman–Crippen LogP) is -1.64. The molecule has 0 radical (unpaired) electrons. The summed E-state index contributed by atoms with van der Waals surface area (Å²) in [6, 6.07) is 0. The summed E-state index contributed by atoms with van der Waals surface area (Å²) in [5.74, 6) is 0. The van der Waals surface area contributed by atoms with Crippen molar-refractivity contribution in [3.05, 3.63) is 0 Å². The van der Waals surface area contributed by atoms with Crippen molar-refractivity contribution in [1.29, 1.82) is 0 Å². The molecule has 0 aromatic heterocycles. The lowest BCUT2D eigenvalue weighted by atomic mass is 10.1. The average molecular weight is 502 g/mol. The van der Waals surface area contributed by atoms with Gasteiger partial charge in [-0.15, -0.1) is 0 Å². The van der Waals surface area contributed by atoms with Crippen LogP contribution in [0.4, 0.5) is 0 Å². The molecule has 18 heavy (non-hydrogen) atoms. The smallest absolute Gasteiger partial charge is 0.286 e. The summed E-state index contributed by atoms with van der Waals surface area (Å²) in [7, 11) is 0. The summed E-state index contributed by atoms with van der Waals surface area (Å²) >= 11 is 58.8. The molecular formula is C5H2Cl12N-. The number of nitrogens with two attached hydrogens (primary N) is 1. The summed E-state index contributed by atoms with van der Waals surface area (Å²) in [5.41, 5.74) is 0. The Morgan fingerprint density at radius 1 is 0.444 bits per heavy atom. The molecule has 0 saturated carbocycles. The Balaban J connectivity index is 0. The number of rotatable bonds is 0. The van der Waals surface area contributed by atoms with E-state index in [9.17, 15) is 0 Å². The van der Waals surface area contributed by atoms with E-state index in [0.717, 1.165) is 5.32 Å². The van der Waals surface area contributed by atoms with Gasteiger partial charge in [0.1, 0.15) is 0 Å². The van der Waals surface area contributed by atoms with E-state index in [0.29, 0.717) is 0 Å². The second-order valence-electron chi connectivity index (χ2n) is 3.11. The van der Waals surface area contributed by atoms with Crippen LogP contribution in [0.5, 0.6) is 0 Å². The molecule has 0 aliphatic carbocycles. The molecule has 1 saturated heterocycles. The second kappa shape index (κ2) is 6.51. The molecule has 0 aromatic rings. The van der Waals surface area contributed by atoms with Gasteiger partial charge >= 0.3 is 0 Å². The summed E-state index contributed by atoms with van der Waals surface area (Å²) < 4.78 is -10.4. The van der Waals surface area contributed by atoms with Crippen LogP contribution >= 0.6 is 116 Å². The molecule has 1 aliphatic rings. The van der Waals surface area contributed by atoms with Gasteiger partial charge in [-0.2, -0.15) is 0 Å². The van der Waals surface area contributed by atoms with Gasteiger partial charge in [-0.3, -0.25) is 5.32 Å². The molecule has 2 N–H and O–H groups in total. The fourth-order valence-corrected chi connectivity index (χ4v) is 4.43. The van der Waals surface area contributed by atoms with E-state index in [2.05, 4.69) is 0 Å². The van der Waals surface area contributed by atoms with Crippen LogP contribution in [0.25, 0.3) is 0 Å². The minimum Gasteiger partial charge on any atom is -1.00 e. The molecule has 1 heterocycles. The van der Waals surface area contributed by atoms with Gasteiger partial charge in [0.05, 0.1) is 0 Å². The first-order valence-electron chi connectivity index (χ1n) is 3.47. The lowest BCUT2D eigenvalue weighted by molar-refractivity contribution is -0.725. The van der Waals surface area contributed by atoms with Crippen molar-refractivity contribution in [2.75, 3.05) is 0 Å². The summed E-state index contributed by atoms with van der Waals surface area (Å²) in [5, 5.41) is 0.954. The van der Waals surface area contributed by atoms with Crippen molar-refractivity contribution < 1.29 is 30.1 Å². The van der Waals surface area contributed by atoms with Crippen LogP contribution < -0.4 is 30.1 Å². The molecular weight excluding hydrogens is 499 g/mol. The maximum absolute atomic E-state index is 5.90. The van der Waals surface area contributed by atoms with Crippen molar-refractivity contribution in [2.24, 2.45) is 0 Å². The van der Waals surface area contributed by atoms with Crippen LogP contribution in [-0.2, 0) is 0 Å². The van der Waals surface area contributed by atoms with E-state index in [1.54, 1.807) is 0 Å². The number of hydrogen-bond acceptors (Lipinski definition) is 0. The SMILES string of the molecule is ClC1(Cl)[NH2+]C(Cl)(Cl)C(Cl)(Cl)C(Cl)(Cl)C1(Cl)Cl.[Cl-].[Cl-]. The minimum absolute atomic E-state index is 0. The highest BCUT2D eigenvalue weighted by Crippen LogP contribution is 2.65. The normalized spacial score (nSPS) is 29.7. The first-order chi connectivity index (χ1) is 6.71. The summed E-state index contributed by atoms with van der Waals surface area (Å²) in [4.78, 5) is 0. The molecule has 0 bridgehead atoms. The Hall–Kier alpha value is 3.44. The van der Waals surface area contributed by atoms with Crippen molar-refractivity contribution in [3.63, 3.8) is 0 Å². The molecule has 0 amide bonds. The first kappa shape index (κ1) is 23.7. The third kappa shape index (κ3) is 3.20. The second-order valence-corrected chi connectivity index (χ2v) is 9.87. The van der Waals surface area contributed by atoms with Crippen molar-refractivity contribution in [2.45, 2.75) is 21.9 Å². The molecule has 1 fully saturated rings. The Labute approximate surface area is 166 Å². The van der Waals surface area contributed by atoms with Crippen LogP contribution in [0.1, 0.15) is 0 Å². The van der Waals surface area contributed by atoms with Crippen molar-refractivity contribution in [1.82, 2.24) is 0 Å². The Morgan fingerprint density at radius 3 is 0.889 bits per heavy atom. The molecule has 0 unspecified atom stereocenters. The minimum atomic E-state index is -2.21. The van der Waals surface area contributed by atoms with Gasteiger partial charge in [0.2, 0.25) is 13.0 Å². The molecule has 1 nitrogen and oxygen atoms in total. The van der Waals surface area contributed by atoms with Gasteiger partial charge in [-0.25, -0.2) is 0 Å². The molecule has 0 atom stereocenters. The fraction of sp³-hybridized carbons (Fsp3) is 1.00. The Bertz CT molecular complexity index is 280. The zero-order chi connectivity index (χ0) is 13.2. The predicted molar refractivity (Wildman–Crippen MR) is 74.1 cm³/mol. The van der Waals surface area contributed by atoms with Gasteiger partial charge in [0.25, 0.3) is 8.91 Å². The number of halogens is 12. The largest absolute Gasteiger partial charge is 1.00 e. The van der Waals surface area contributed by atoms with Crippen LogP contribution in [0.15, 0.2) is 0 Å². The third-order valence-electron chi connectivity index (χ3n) is 1.99. The summed E-state index contributed by atoms with van der Waals surface area (Å²) in [6.07, 6.45) is 0. The third-order valence-corrected chi connectivity index (χ3v) is 8.57. The van der Waals surface area contributed by atoms with Gasteiger partial charge in [0.15, 0.2) is 0 Å². The number of quaternary nitrogens is 1. The van der Waals surface area contributed by atoms with Gasteiger partial charge in [-0.05, 0) is 46.4 Å². The lowest BCUT2D eigenvalue weighted by Crippen LogP contribution is -3.11. The monoisotopic (exact) mass is 496 g/mol. The molecule has 1 aliphatic heterocycles. The van der Waals surface area contributed by atoms with Gasteiger partial charge in [-0.1, -0.05) is 69.6 Å². The highest BCUT2D eigenvalue weighted by molar-refractivity contribution is 6.76. The van der Waals surface area contributed by atoms with Crippen LogP contribution in [0.3, 0.4) is 0 Å². The zero-order valence-corrected chi connectivity index (χ0v) is 16.7. The fourth-order valence-electron chi connectivity index (χ4n) is 1.02. The maximum Gasteiger partial charge on any atom is 0.286 e. The van der Waals surface area contributed by atoms with Crippen molar-refractivity contribution in [3.8, 4) is 0 Å². The number of hydrogen-bond donors (Lipinski definition) is 1. The molecule has 0 aromatic carbocycles. The van der Waals surface area contributed by atoms with Gasteiger partial charge in [0, 0.05) is 0 Å². The van der Waals surface area contributed by atoms with E-state index < -0.39 is 21.9 Å². The average Bonchev–Trinajstić information content (AvgIpc) is 1.98. The first-order valence-corrected chi connectivity index (χ1v) is 7.25. The number of alkyl halides is 10. The zero-order valence-electron chi connectivity index (χ0n) is 7.61. The van der Waals surface area contributed by atoms with E-state index in [1.807, 2.05) is 0 Å². The van der Waals surface area contributed by atoms with Crippen LogP contribution in [-0.4, -0.2) is 21.9 Å². The van der Waals surface area contributed by atoms with Crippen LogP contribution in [0, 0.1) is 0 Å². The standard InChI is InChI=1S/C5HCl10N.2ClH/c6-1(7)2(8,9)4(12,13)16-5(14,15)3(1,10)11;;/h16H;2*1H/p-1. The maximum atomic E-state index is 5.90. The molecule has 112 valence electrons. The van der Waals surface area contributed by atoms with Crippen molar-refractivity contribution >= 4 is 116 Å². The van der Waals surface area contributed by atoms with E-state index in [-0.39, 0.29) is 24.8 Å². The molecule has 1 rings (SSSR count). The van der Waals surface area contributed by atoms with E-state index in [4.69, 9.17) is 116 Å². The molecule has 0 spiro atoms. The lowest BCUT2D eigenvalue weighted by Gasteiger charge is -2.52. The quantitative estimate of drug-likeness (QED) is 0.303. The van der Waals surface area contributed by atoms with Gasteiger partial charge < -0.3 is 24.8 Å². The Kier molecular flexibility index (Phi) is 8.58.